The third kappa shape index (κ3) is 1.34. The largest absolute Gasteiger partial charge is 0.425 e. The highest BCUT2D eigenvalue weighted by molar-refractivity contribution is 5.96. The van der Waals surface area contributed by atoms with E-state index in [0.29, 0.717) is 15.6 Å². The number of hydrogen-bond donors (Lipinski definition) is 2. The third-order valence-electron chi connectivity index (χ3n) is 2.15. The normalized spacial score (nSPS) is 10.4. The lowest BCUT2D eigenvalue weighted by atomic mass is 10.1. The van der Waals surface area contributed by atoms with Crippen LogP contribution in [0.5, 0.6) is 0 Å². The van der Waals surface area contributed by atoms with Crippen molar-refractivity contribution in [2.24, 2.45) is 5.73 Å². The van der Waals surface area contributed by atoms with Crippen LogP contribution in [0.25, 0.3) is 10.9 Å². The van der Waals surface area contributed by atoms with Crippen molar-refractivity contribution < 1.29 is 10.0 Å². The van der Waals surface area contributed by atoms with E-state index in [4.69, 9.17) is 5.73 Å². The molecule has 1 heterocycles. The van der Waals surface area contributed by atoms with Crippen molar-refractivity contribution in [1.82, 2.24) is 4.73 Å². The Morgan fingerprint density at radius 3 is 2.67 bits per heavy atom. The minimum atomic E-state index is -0.853. The maximum absolute atomic E-state index is 11.4. The first-order chi connectivity index (χ1) is 7.11. The van der Waals surface area contributed by atoms with Crippen LogP contribution in [-0.2, 0) is 0 Å². The first kappa shape index (κ1) is 9.26. The average Bonchev–Trinajstić information content (AvgIpc) is 2.23. The van der Waals surface area contributed by atoms with E-state index in [1.54, 1.807) is 24.3 Å². The van der Waals surface area contributed by atoms with Gasteiger partial charge in [-0.1, -0.05) is 18.2 Å². The molecular formula is C10H8N2O3. The van der Waals surface area contributed by atoms with Crippen LogP contribution < -0.4 is 11.3 Å². The third-order valence-corrected chi connectivity index (χ3v) is 2.15. The van der Waals surface area contributed by atoms with Crippen LogP contribution in [0.2, 0.25) is 0 Å². The zero-order chi connectivity index (χ0) is 11.0. The summed E-state index contributed by atoms with van der Waals surface area (Å²) in [6.45, 7) is 0. The van der Waals surface area contributed by atoms with Gasteiger partial charge < -0.3 is 10.9 Å². The van der Waals surface area contributed by atoms with Gasteiger partial charge in [-0.05, 0) is 12.1 Å². The Balaban J connectivity index is 2.95. The van der Waals surface area contributed by atoms with Gasteiger partial charge in [0, 0.05) is 5.39 Å². The molecule has 5 heteroatoms. The van der Waals surface area contributed by atoms with E-state index in [9.17, 15) is 14.8 Å². The lowest BCUT2D eigenvalue weighted by Gasteiger charge is -2.04. The summed E-state index contributed by atoms with van der Waals surface area (Å²) in [7, 11) is 0. The Morgan fingerprint density at radius 1 is 1.33 bits per heavy atom. The highest BCUT2D eigenvalue weighted by Crippen LogP contribution is 2.11. The van der Waals surface area contributed by atoms with E-state index >= 15 is 0 Å². The van der Waals surface area contributed by atoms with Crippen LogP contribution in [0.1, 0.15) is 10.4 Å². The second-order valence-corrected chi connectivity index (χ2v) is 3.10. The quantitative estimate of drug-likeness (QED) is 0.656. The zero-order valence-electron chi connectivity index (χ0n) is 7.68. The number of pyridine rings is 1. The number of aromatic nitrogens is 1. The zero-order valence-corrected chi connectivity index (χ0v) is 7.68. The molecule has 1 aromatic heterocycles. The molecule has 2 aromatic rings. The van der Waals surface area contributed by atoms with E-state index in [1.165, 1.54) is 6.07 Å². The predicted molar refractivity (Wildman–Crippen MR) is 53.9 cm³/mol. The monoisotopic (exact) mass is 204 g/mol. The van der Waals surface area contributed by atoms with Gasteiger partial charge >= 0.3 is 0 Å². The van der Waals surface area contributed by atoms with Crippen molar-refractivity contribution in [3.05, 3.63) is 46.2 Å². The summed E-state index contributed by atoms with van der Waals surface area (Å²) in [6.07, 6.45) is 0. The Hall–Kier alpha value is -2.30. The van der Waals surface area contributed by atoms with E-state index in [1.807, 2.05) is 0 Å². The van der Waals surface area contributed by atoms with Crippen molar-refractivity contribution in [2.45, 2.75) is 0 Å². The molecule has 1 aromatic carbocycles. The van der Waals surface area contributed by atoms with E-state index < -0.39 is 11.5 Å². The topological polar surface area (TPSA) is 85.3 Å². The number of rotatable bonds is 1. The van der Waals surface area contributed by atoms with Crippen molar-refractivity contribution in [1.29, 1.82) is 0 Å². The van der Waals surface area contributed by atoms with Crippen LogP contribution in [0.4, 0.5) is 0 Å². The molecule has 0 radical (unpaired) electrons. The summed E-state index contributed by atoms with van der Waals surface area (Å²) in [6, 6.07) is 8.03. The molecule has 0 bridgehead atoms. The van der Waals surface area contributed by atoms with Gasteiger partial charge in [-0.25, -0.2) is 0 Å². The first-order valence-corrected chi connectivity index (χ1v) is 4.25. The van der Waals surface area contributed by atoms with Crippen molar-refractivity contribution in [3.63, 3.8) is 0 Å². The van der Waals surface area contributed by atoms with E-state index in [-0.39, 0.29) is 5.56 Å². The number of benzene rings is 1. The van der Waals surface area contributed by atoms with E-state index in [0.717, 1.165) is 0 Å². The Kier molecular flexibility index (Phi) is 1.93. The highest BCUT2D eigenvalue weighted by atomic mass is 16.5. The number of carbonyl (C=O) groups excluding carboxylic acids is 1. The molecule has 0 unspecified atom stereocenters. The van der Waals surface area contributed by atoms with Crippen molar-refractivity contribution >= 4 is 16.8 Å². The Morgan fingerprint density at radius 2 is 2.00 bits per heavy atom. The number of para-hydroxylation sites is 1. The fourth-order valence-corrected chi connectivity index (χ4v) is 1.42. The minimum Gasteiger partial charge on any atom is -0.425 e. The number of nitrogens with zero attached hydrogens (tertiary/aromatic N) is 1. The van der Waals surface area contributed by atoms with E-state index in [2.05, 4.69) is 0 Å². The lowest BCUT2D eigenvalue weighted by molar-refractivity contribution is 0.0993. The molecular weight excluding hydrogens is 196 g/mol. The van der Waals surface area contributed by atoms with Crippen molar-refractivity contribution in [3.8, 4) is 0 Å². The summed E-state index contributed by atoms with van der Waals surface area (Å²) in [4.78, 5) is 22.4. The summed E-state index contributed by atoms with van der Waals surface area (Å²) >= 11 is 0. The van der Waals surface area contributed by atoms with Gasteiger partial charge in [0.05, 0.1) is 5.52 Å². The molecule has 3 N–H and O–H groups in total. The number of nitrogens with two attached hydrogens (primary N) is 1. The molecule has 0 spiro atoms. The second-order valence-electron chi connectivity index (χ2n) is 3.10. The molecule has 0 aliphatic heterocycles. The van der Waals surface area contributed by atoms with Gasteiger partial charge in [0.1, 0.15) is 5.56 Å². The summed E-state index contributed by atoms with van der Waals surface area (Å²) in [5.41, 5.74) is 4.32. The smallest absolute Gasteiger partial charge is 0.296 e. The van der Waals surface area contributed by atoms with Crippen LogP contribution in [0.3, 0.4) is 0 Å². The van der Waals surface area contributed by atoms with Gasteiger partial charge in [-0.2, -0.15) is 0 Å². The molecule has 0 aliphatic carbocycles. The summed E-state index contributed by atoms with van der Waals surface area (Å²) in [5.74, 6) is -0.853. The molecule has 0 atom stereocenters. The molecule has 0 saturated heterocycles. The van der Waals surface area contributed by atoms with Gasteiger partial charge in [0.2, 0.25) is 0 Å². The average molecular weight is 204 g/mol. The molecule has 5 nitrogen and oxygen atoms in total. The Bertz CT molecular complexity index is 601. The van der Waals surface area contributed by atoms with Crippen LogP contribution in [0, 0.1) is 0 Å². The lowest BCUT2D eigenvalue weighted by Crippen LogP contribution is -2.28. The van der Waals surface area contributed by atoms with Gasteiger partial charge in [0.15, 0.2) is 0 Å². The molecule has 76 valence electrons. The SMILES string of the molecule is NC(=O)c1cc2ccccc2n(O)c1=O. The molecule has 0 fully saturated rings. The van der Waals surface area contributed by atoms with Crippen LogP contribution >= 0.6 is 0 Å². The van der Waals surface area contributed by atoms with Gasteiger partial charge in [0.25, 0.3) is 11.5 Å². The molecule has 1 amide bonds. The number of primary amides is 1. The highest BCUT2D eigenvalue weighted by Gasteiger charge is 2.11. The minimum absolute atomic E-state index is 0.226. The summed E-state index contributed by atoms with van der Waals surface area (Å²) < 4.78 is 0.426. The van der Waals surface area contributed by atoms with Crippen LogP contribution in [0.15, 0.2) is 35.1 Å². The second kappa shape index (κ2) is 3.13. The molecule has 0 aliphatic rings. The summed E-state index contributed by atoms with van der Waals surface area (Å²) in [5, 5.41) is 10.1. The fraction of sp³-hybridized carbons (Fsp3) is 0. The molecule has 2 rings (SSSR count). The fourth-order valence-electron chi connectivity index (χ4n) is 1.42. The number of amides is 1. The predicted octanol–water partition coefficient (Wildman–Crippen LogP) is 0.338. The van der Waals surface area contributed by atoms with Crippen molar-refractivity contribution in [2.75, 3.05) is 0 Å². The van der Waals surface area contributed by atoms with Crippen LogP contribution in [-0.4, -0.2) is 15.8 Å². The number of carbonyl (C=O) groups is 1. The molecule has 0 saturated carbocycles. The first-order valence-electron chi connectivity index (χ1n) is 4.25. The number of hydrogen-bond acceptors (Lipinski definition) is 3. The Labute approximate surface area is 84.3 Å². The molecule has 15 heavy (non-hydrogen) atoms. The maximum atomic E-state index is 11.4. The van der Waals surface area contributed by atoms with Gasteiger partial charge in [-0.3, -0.25) is 9.59 Å². The number of fused-ring (bicyclic) bond motifs is 1. The standard InChI is InChI=1S/C10H8N2O3/c11-9(13)7-5-6-3-1-2-4-8(6)12(15)10(7)14/h1-5,15H,(H2,11,13). The van der Waals surface area contributed by atoms with Gasteiger partial charge in [-0.15, -0.1) is 4.73 Å². The maximum Gasteiger partial charge on any atom is 0.296 e.